The van der Waals surface area contributed by atoms with Gasteiger partial charge in [0.1, 0.15) is 0 Å². The molecule has 0 aromatic carbocycles. The minimum atomic E-state index is 0.0128. The van der Waals surface area contributed by atoms with Crippen LogP contribution in [-0.4, -0.2) is 77.9 Å². The van der Waals surface area contributed by atoms with Gasteiger partial charge in [-0.3, -0.25) is 19.3 Å². The molecule has 0 bridgehead atoms. The second kappa shape index (κ2) is 9.88. The van der Waals surface area contributed by atoms with Gasteiger partial charge < -0.3 is 15.5 Å². The molecule has 2 N–H and O–H groups in total. The van der Waals surface area contributed by atoms with Gasteiger partial charge in [0.15, 0.2) is 0 Å². The topological polar surface area (TPSA) is 81.8 Å². The number of carbonyl (C=O) groups is 3. The Morgan fingerprint density at radius 2 is 1.96 bits per heavy atom. The maximum Gasteiger partial charge on any atom is 0.281 e. The number of nitrogens with zero attached hydrogens (tertiary/aromatic N) is 2. The lowest BCUT2D eigenvalue weighted by atomic mass is 10.0. The van der Waals surface area contributed by atoms with Crippen molar-refractivity contribution in [1.82, 2.24) is 20.4 Å². The van der Waals surface area contributed by atoms with Crippen LogP contribution < -0.4 is 10.6 Å². The van der Waals surface area contributed by atoms with Crippen molar-refractivity contribution in [3.63, 3.8) is 0 Å². The van der Waals surface area contributed by atoms with Crippen LogP contribution >= 0.6 is 11.8 Å². The summed E-state index contributed by atoms with van der Waals surface area (Å²) in [6.07, 6.45) is 3.05. The van der Waals surface area contributed by atoms with Gasteiger partial charge in [-0.1, -0.05) is 18.7 Å². The van der Waals surface area contributed by atoms with Gasteiger partial charge in [0.25, 0.3) is 5.24 Å². The molecule has 2 heterocycles. The van der Waals surface area contributed by atoms with E-state index in [1.54, 1.807) is 4.90 Å². The predicted octanol–water partition coefficient (Wildman–Crippen LogP) is 0.652. The normalized spacial score (nSPS) is 19.5. The van der Waals surface area contributed by atoms with Gasteiger partial charge in [0.2, 0.25) is 11.8 Å². The van der Waals surface area contributed by atoms with Gasteiger partial charge in [-0.25, -0.2) is 0 Å². The van der Waals surface area contributed by atoms with Crippen molar-refractivity contribution in [1.29, 1.82) is 0 Å². The molecule has 0 saturated carbocycles. The number of thioether (sulfide) groups is 1. The van der Waals surface area contributed by atoms with Crippen molar-refractivity contribution in [3.05, 3.63) is 0 Å². The lowest BCUT2D eigenvalue weighted by Crippen LogP contribution is -2.47. The van der Waals surface area contributed by atoms with E-state index in [2.05, 4.69) is 15.5 Å². The van der Waals surface area contributed by atoms with Gasteiger partial charge in [-0.15, -0.1) is 0 Å². The van der Waals surface area contributed by atoms with Crippen molar-refractivity contribution in [2.45, 2.75) is 38.6 Å². The lowest BCUT2D eigenvalue weighted by molar-refractivity contribution is -0.124. The number of rotatable bonds is 8. The van der Waals surface area contributed by atoms with E-state index in [-0.39, 0.29) is 23.1 Å². The first-order valence-corrected chi connectivity index (χ1v) is 9.77. The highest BCUT2D eigenvalue weighted by atomic mass is 32.2. The second-order valence-electron chi connectivity index (χ2n) is 6.32. The van der Waals surface area contributed by atoms with Crippen molar-refractivity contribution in [3.8, 4) is 0 Å². The Labute approximate surface area is 147 Å². The fourth-order valence-corrected chi connectivity index (χ4v) is 3.78. The summed E-state index contributed by atoms with van der Waals surface area (Å²) in [5.41, 5.74) is 0. The summed E-state index contributed by atoms with van der Waals surface area (Å²) >= 11 is 1.32. The predicted molar refractivity (Wildman–Crippen MR) is 94.9 cm³/mol. The van der Waals surface area contributed by atoms with Crippen LogP contribution in [-0.2, 0) is 9.59 Å². The fraction of sp³-hybridized carbons (Fsp3) is 0.812. The summed E-state index contributed by atoms with van der Waals surface area (Å²) in [6.45, 7) is 6.10. The molecule has 0 aromatic rings. The van der Waals surface area contributed by atoms with Crippen LogP contribution in [0.3, 0.4) is 0 Å². The van der Waals surface area contributed by atoms with E-state index in [0.29, 0.717) is 19.5 Å². The zero-order chi connectivity index (χ0) is 17.4. The smallest absolute Gasteiger partial charge is 0.281 e. The fourth-order valence-electron chi connectivity index (χ4n) is 2.92. The number of nitrogens with one attached hydrogen (secondary N) is 2. The van der Waals surface area contributed by atoms with Crippen molar-refractivity contribution in [2.24, 2.45) is 0 Å². The molecule has 8 heteroatoms. The highest BCUT2D eigenvalue weighted by molar-refractivity contribution is 8.13. The first-order chi connectivity index (χ1) is 11.6. The molecule has 2 rings (SSSR count). The monoisotopic (exact) mass is 356 g/mol. The van der Waals surface area contributed by atoms with E-state index in [9.17, 15) is 14.4 Å². The Balaban J connectivity index is 1.59. The molecular formula is C16H28N4O3S. The first-order valence-electron chi connectivity index (χ1n) is 8.78. The van der Waals surface area contributed by atoms with E-state index in [1.807, 2.05) is 6.92 Å². The minimum Gasteiger partial charge on any atom is -0.355 e. The van der Waals surface area contributed by atoms with Crippen LogP contribution in [0.25, 0.3) is 0 Å². The molecule has 2 aliphatic rings. The number of likely N-dealkylation sites (tertiary alicyclic amines) is 1. The molecule has 7 nitrogen and oxygen atoms in total. The van der Waals surface area contributed by atoms with Crippen molar-refractivity contribution >= 4 is 28.8 Å². The number of carbonyl (C=O) groups excluding carboxylic acids is 3. The Morgan fingerprint density at radius 1 is 1.21 bits per heavy atom. The molecule has 2 aliphatic heterocycles. The minimum absolute atomic E-state index is 0.0128. The molecule has 24 heavy (non-hydrogen) atoms. The Kier molecular flexibility index (Phi) is 7.84. The summed E-state index contributed by atoms with van der Waals surface area (Å²) < 4.78 is 0. The van der Waals surface area contributed by atoms with Crippen molar-refractivity contribution < 1.29 is 14.4 Å². The highest BCUT2D eigenvalue weighted by Crippen LogP contribution is 2.17. The van der Waals surface area contributed by atoms with Gasteiger partial charge in [0.05, 0.1) is 6.54 Å². The van der Waals surface area contributed by atoms with Crippen LogP contribution in [0.2, 0.25) is 0 Å². The summed E-state index contributed by atoms with van der Waals surface area (Å²) in [5.74, 6) is 0.913. The molecule has 0 atom stereocenters. The lowest BCUT2D eigenvalue weighted by Gasteiger charge is -2.32. The molecule has 0 aromatic heterocycles. The molecular weight excluding hydrogens is 328 g/mol. The van der Waals surface area contributed by atoms with Crippen LogP contribution in [0.5, 0.6) is 0 Å². The maximum absolute atomic E-state index is 12.0. The summed E-state index contributed by atoms with van der Waals surface area (Å²) in [4.78, 5) is 39.1. The number of hydrogen-bond acceptors (Lipinski definition) is 5. The third kappa shape index (κ3) is 6.32. The average Bonchev–Trinajstić information content (AvgIpc) is 2.98. The largest absolute Gasteiger partial charge is 0.355 e. The third-order valence-corrected chi connectivity index (χ3v) is 5.24. The number of hydrogen-bond donors (Lipinski definition) is 2. The van der Waals surface area contributed by atoms with E-state index in [4.69, 9.17) is 0 Å². The van der Waals surface area contributed by atoms with Gasteiger partial charge in [-0.2, -0.15) is 0 Å². The van der Waals surface area contributed by atoms with Crippen molar-refractivity contribution in [2.75, 3.05) is 45.0 Å². The van der Waals surface area contributed by atoms with E-state index < -0.39 is 0 Å². The van der Waals surface area contributed by atoms with Gasteiger partial charge in [-0.05, 0) is 19.3 Å². The van der Waals surface area contributed by atoms with Crippen LogP contribution in [0.1, 0.15) is 32.6 Å². The molecule has 0 spiro atoms. The van der Waals surface area contributed by atoms with E-state index in [1.165, 1.54) is 11.8 Å². The second-order valence-corrected chi connectivity index (χ2v) is 7.37. The van der Waals surface area contributed by atoms with Gasteiger partial charge >= 0.3 is 0 Å². The Bertz CT molecular complexity index is 453. The molecule has 2 fully saturated rings. The van der Waals surface area contributed by atoms with E-state index >= 15 is 0 Å². The molecule has 0 unspecified atom stereocenters. The maximum atomic E-state index is 12.0. The third-order valence-electron chi connectivity index (χ3n) is 4.35. The molecule has 136 valence electrons. The standard InChI is InChI=1S/C16H28N4O3S/c1-2-6-17-15(22)12-19-7-3-13(4-8-19)18-14(21)5-9-20-10-11-24-16(20)23/h13H,2-12H2,1H3,(H,17,22)(H,18,21). The quantitative estimate of drug-likeness (QED) is 0.667. The summed E-state index contributed by atoms with van der Waals surface area (Å²) in [6, 6.07) is 0.177. The van der Waals surface area contributed by atoms with Gasteiger partial charge in [0, 0.05) is 50.9 Å². The zero-order valence-corrected chi connectivity index (χ0v) is 15.2. The summed E-state index contributed by atoms with van der Waals surface area (Å²) in [7, 11) is 0. The Hall–Kier alpha value is -1.28. The van der Waals surface area contributed by atoms with Crippen LogP contribution in [0, 0.1) is 0 Å². The molecule has 0 radical (unpaired) electrons. The zero-order valence-electron chi connectivity index (χ0n) is 14.4. The number of piperidine rings is 1. The average molecular weight is 356 g/mol. The Morgan fingerprint density at radius 3 is 2.58 bits per heavy atom. The van der Waals surface area contributed by atoms with Crippen LogP contribution in [0.15, 0.2) is 0 Å². The van der Waals surface area contributed by atoms with E-state index in [0.717, 1.165) is 51.2 Å². The molecule has 2 saturated heterocycles. The number of amides is 3. The summed E-state index contributed by atoms with van der Waals surface area (Å²) in [5, 5.41) is 6.02. The van der Waals surface area contributed by atoms with Crippen LogP contribution in [0.4, 0.5) is 4.79 Å². The molecule has 0 aliphatic carbocycles. The highest BCUT2D eigenvalue weighted by Gasteiger charge is 2.24. The first kappa shape index (κ1) is 19.1. The SMILES string of the molecule is CCCNC(=O)CN1CCC(NC(=O)CCN2CCSC2=O)CC1. The molecule has 3 amide bonds.